The zero-order valence-electron chi connectivity index (χ0n) is 18.8. The number of benzene rings is 4. The average molecular weight is 490 g/mol. The Morgan fingerprint density at radius 2 is 1.66 bits per heavy atom. The second kappa shape index (κ2) is 10.3. The maximum Gasteiger partial charge on any atom is 0.264 e. The first-order valence-corrected chi connectivity index (χ1v) is 12.1. The van der Waals surface area contributed by atoms with Gasteiger partial charge in [0.1, 0.15) is 18.0 Å². The first kappa shape index (κ1) is 23.8. The third-order valence-corrected chi connectivity index (χ3v) is 7.10. The van der Waals surface area contributed by atoms with Crippen molar-refractivity contribution < 1.29 is 23.1 Å². The molecule has 35 heavy (non-hydrogen) atoms. The molecule has 0 bridgehead atoms. The summed E-state index contributed by atoms with van der Waals surface area (Å²) < 4.78 is 32.9. The van der Waals surface area contributed by atoms with Crippen molar-refractivity contribution in [2.45, 2.75) is 4.90 Å². The number of nitrogens with one attached hydrogen (secondary N) is 1. The maximum absolute atomic E-state index is 13.4. The molecule has 0 aliphatic rings. The molecular formula is C26H23N3O5S. The molecule has 8 nitrogen and oxygen atoms in total. The van der Waals surface area contributed by atoms with Crippen LogP contribution >= 0.6 is 0 Å². The molecule has 4 aromatic carbocycles. The van der Waals surface area contributed by atoms with E-state index in [1.807, 2.05) is 24.3 Å². The number of anilines is 1. The molecule has 0 aromatic heterocycles. The van der Waals surface area contributed by atoms with Gasteiger partial charge >= 0.3 is 0 Å². The molecule has 0 heterocycles. The summed E-state index contributed by atoms with van der Waals surface area (Å²) in [5.74, 6) is -0.0979. The number of hydrogen-bond donors (Lipinski definition) is 2. The second-order valence-corrected chi connectivity index (χ2v) is 9.40. The Balaban J connectivity index is 1.59. The van der Waals surface area contributed by atoms with Crippen molar-refractivity contribution >= 4 is 38.6 Å². The van der Waals surface area contributed by atoms with Crippen molar-refractivity contribution in [2.24, 2.45) is 5.10 Å². The number of methoxy groups -OCH3 is 1. The lowest BCUT2D eigenvalue weighted by Crippen LogP contribution is -2.39. The quantitative estimate of drug-likeness (QED) is 0.288. The van der Waals surface area contributed by atoms with Crippen molar-refractivity contribution in [3.63, 3.8) is 0 Å². The number of carbonyl (C=O) groups excluding carboxylic acids is 1. The molecule has 0 aliphatic heterocycles. The molecule has 0 fully saturated rings. The van der Waals surface area contributed by atoms with E-state index in [1.165, 1.54) is 25.5 Å². The first-order valence-electron chi connectivity index (χ1n) is 10.6. The van der Waals surface area contributed by atoms with E-state index in [1.54, 1.807) is 54.6 Å². The highest BCUT2D eigenvalue weighted by Crippen LogP contribution is 2.26. The van der Waals surface area contributed by atoms with Crippen LogP contribution in [-0.2, 0) is 14.8 Å². The van der Waals surface area contributed by atoms with Crippen LogP contribution < -0.4 is 14.5 Å². The molecular weight excluding hydrogens is 466 g/mol. The molecule has 0 radical (unpaired) electrons. The van der Waals surface area contributed by atoms with Gasteiger partial charge in [0.25, 0.3) is 15.9 Å². The van der Waals surface area contributed by atoms with Crippen molar-refractivity contribution in [2.75, 3.05) is 18.0 Å². The Bertz CT molecular complexity index is 1470. The summed E-state index contributed by atoms with van der Waals surface area (Å²) in [6.07, 6.45) is 1.33. The van der Waals surface area contributed by atoms with Gasteiger partial charge in [0, 0.05) is 5.56 Å². The van der Waals surface area contributed by atoms with Gasteiger partial charge in [-0.3, -0.25) is 9.10 Å². The zero-order chi connectivity index (χ0) is 24.8. The van der Waals surface area contributed by atoms with Crippen molar-refractivity contribution in [3.8, 4) is 11.5 Å². The average Bonchev–Trinajstić information content (AvgIpc) is 2.89. The molecule has 0 aliphatic carbocycles. The number of hydrogen-bond acceptors (Lipinski definition) is 6. The molecule has 4 rings (SSSR count). The number of carbonyl (C=O) groups is 1. The summed E-state index contributed by atoms with van der Waals surface area (Å²) in [6, 6.07) is 25.0. The van der Waals surface area contributed by atoms with Crippen LogP contribution in [-0.4, -0.2) is 39.3 Å². The number of sulfonamides is 1. The third-order valence-electron chi connectivity index (χ3n) is 5.31. The smallest absolute Gasteiger partial charge is 0.264 e. The van der Waals surface area contributed by atoms with Gasteiger partial charge < -0.3 is 9.84 Å². The van der Waals surface area contributed by atoms with Gasteiger partial charge in [0.2, 0.25) is 0 Å². The normalized spacial score (nSPS) is 11.5. The highest BCUT2D eigenvalue weighted by Gasteiger charge is 2.27. The monoisotopic (exact) mass is 489 g/mol. The molecule has 0 saturated heterocycles. The number of aromatic hydroxyl groups is 1. The number of phenolic OH excluding ortho intramolecular Hbond substituents is 1. The fourth-order valence-electron chi connectivity index (χ4n) is 3.54. The second-order valence-electron chi connectivity index (χ2n) is 7.54. The summed E-state index contributed by atoms with van der Waals surface area (Å²) in [5.41, 5.74) is 3.09. The minimum absolute atomic E-state index is 0.00761. The molecule has 4 aromatic rings. The van der Waals surface area contributed by atoms with Gasteiger partial charge in [-0.25, -0.2) is 13.8 Å². The number of nitrogens with zero attached hydrogens (tertiary/aromatic N) is 2. The fraction of sp³-hybridized carbons (Fsp3) is 0.0769. The Hall–Kier alpha value is -4.37. The zero-order valence-corrected chi connectivity index (χ0v) is 19.6. The summed E-state index contributed by atoms with van der Waals surface area (Å²) in [6.45, 7) is -0.511. The van der Waals surface area contributed by atoms with Gasteiger partial charge in [-0.2, -0.15) is 5.10 Å². The van der Waals surface area contributed by atoms with E-state index in [0.717, 1.165) is 15.1 Å². The van der Waals surface area contributed by atoms with Crippen molar-refractivity contribution in [3.05, 3.63) is 96.6 Å². The van der Waals surface area contributed by atoms with Crippen molar-refractivity contribution in [1.29, 1.82) is 0 Å². The van der Waals surface area contributed by atoms with E-state index < -0.39 is 22.5 Å². The van der Waals surface area contributed by atoms with E-state index in [9.17, 15) is 18.3 Å². The number of amides is 1. The Labute approximate surface area is 203 Å². The topological polar surface area (TPSA) is 108 Å². The van der Waals surface area contributed by atoms with E-state index in [0.29, 0.717) is 17.0 Å². The lowest BCUT2D eigenvalue weighted by atomic mass is 10.0. The largest absolute Gasteiger partial charge is 0.507 e. The van der Waals surface area contributed by atoms with Gasteiger partial charge in [-0.15, -0.1) is 0 Å². The van der Waals surface area contributed by atoms with E-state index in [2.05, 4.69) is 10.5 Å². The lowest BCUT2D eigenvalue weighted by Gasteiger charge is -2.23. The van der Waals surface area contributed by atoms with Crippen LogP contribution in [0.15, 0.2) is 101 Å². The summed E-state index contributed by atoms with van der Waals surface area (Å²) in [5, 5.41) is 15.9. The van der Waals surface area contributed by atoms with Crippen LogP contribution in [0.3, 0.4) is 0 Å². The number of ether oxygens (including phenoxy) is 1. The molecule has 0 spiro atoms. The molecule has 2 N–H and O–H groups in total. The summed E-state index contributed by atoms with van der Waals surface area (Å²) in [7, 11) is -2.54. The Morgan fingerprint density at radius 1 is 0.971 bits per heavy atom. The number of rotatable bonds is 8. The molecule has 0 atom stereocenters. The van der Waals surface area contributed by atoms with Crippen LogP contribution in [0.25, 0.3) is 10.8 Å². The Kier molecular flexibility index (Phi) is 6.98. The van der Waals surface area contributed by atoms with Gasteiger partial charge in [-0.05, 0) is 53.2 Å². The van der Waals surface area contributed by atoms with Crippen LogP contribution in [0.1, 0.15) is 5.56 Å². The van der Waals surface area contributed by atoms with E-state index in [4.69, 9.17) is 4.74 Å². The lowest BCUT2D eigenvalue weighted by molar-refractivity contribution is -0.119. The predicted octanol–water partition coefficient (Wildman–Crippen LogP) is 3.90. The third kappa shape index (κ3) is 5.25. The van der Waals surface area contributed by atoms with Crippen LogP contribution in [0.2, 0.25) is 0 Å². The molecule has 1 amide bonds. The predicted molar refractivity (Wildman–Crippen MR) is 135 cm³/mol. The molecule has 9 heteroatoms. The SMILES string of the molecule is COc1ccc(N(CC(=O)N/N=C\c2c(O)ccc3ccccc23)S(=O)(=O)c2ccccc2)cc1. The van der Waals surface area contributed by atoms with Gasteiger partial charge in [-0.1, -0.05) is 48.5 Å². The van der Waals surface area contributed by atoms with Crippen molar-refractivity contribution in [1.82, 2.24) is 5.43 Å². The van der Waals surface area contributed by atoms with Gasteiger partial charge in [0.05, 0.1) is 23.9 Å². The van der Waals surface area contributed by atoms with Gasteiger partial charge in [0.15, 0.2) is 0 Å². The number of fused-ring (bicyclic) bond motifs is 1. The maximum atomic E-state index is 13.4. The van der Waals surface area contributed by atoms with E-state index >= 15 is 0 Å². The molecule has 0 saturated carbocycles. The van der Waals surface area contributed by atoms with E-state index in [-0.39, 0.29) is 10.6 Å². The minimum atomic E-state index is -4.04. The number of phenols is 1. The summed E-state index contributed by atoms with van der Waals surface area (Å²) >= 11 is 0. The minimum Gasteiger partial charge on any atom is -0.507 e. The van der Waals surface area contributed by atoms with Crippen LogP contribution in [0.4, 0.5) is 5.69 Å². The number of hydrazone groups is 1. The van der Waals surface area contributed by atoms with Crippen LogP contribution in [0, 0.1) is 0 Å². The fourth-order valence-corrected chi connectivity index (χ4v) is 4.98. The standard InChI is InChI=1S/C26H23N3O5S/c1-34-21-14-12-20(13-15-21)29(35(32,33)22-8-3-2-4-9-22)18-26(31)28-27-17-24-23-10-6-5-7-19(23)11-16-25(24)30/h2-17,30H,18H2,1H3,(H,28,31)/b27-17-. The summed E-state index contributed by atoms with van der Waals surface area (Å²) in [4.78, 5) is 12.8. The molecule has 0 unspecified atom stereocenters. The highest BCUT2D eigenvalue weighted by molar-refractivity contribution is 7.92. The first-order chi connectivity index (χ1) is 16.9. The highest BCUT2D eigenvalue weighted by atomic mass is 32.2. The molecule has 178 valence electrons. The van der Waals surface area contributed by atoms with Crippen LogP contribution in [0.5, 0.6) is 11.5 Å². The Morgan fingerprint density at radius 3 is 2.37 bits per heavy atom.